The van der Waals surface area contributed by atoms with Gasteiger partial charge in [-0.1, -0.05) is 65.8 Å². The summed E-state index contributed by atoms with van der Waals surface area (Å²) < 4.78 is 36.2. The molecule has 296 valence electrons. The van der Waals surface area contributed by atoms with Crippen molar-refractivity contribution in [3.8, 4) is 0 Å². The zero-order valence-corrected chi connectivity index (χ0v) is 31.1. The number of anilines is 3. The smallest absolute Gasteiger partial charge is 0.319 e. The Bertz CT molecular complexity index is 2410. The SMILES string of the molecule is NS(=O)(=O)c1ccc(NC(=O)NC2CCN(c3nc(NCC(c4ccccc4)c4ccccc4)c4ncn(C5OC(c6cc(CO)no6)C(O)C5O)c4n3)C2)cc1. The molecule has 0 bridgehead atoms. The summed E-state index contributed by atoms with van der Waals surface area (Å²) in [6, 6.07) is 26.4. The van der Waals surface area contributed by atoms with Crippen LogP contribution in [0, 0.1) is 0 Å². The molecule has 2 aliphatic rings. The van der Waals surface area contributed by atoms with Crippen molar-refractivity contribution >= 4 is 44.7 Å². The standard InChI is InChI=1S/C38H40N10O8S/c39-57(53,54)27-13-11-24(12-14-27)42-38(52)43-25-15-16-47(19-25)37-44-34(40-18-28(22-7-3-1-4-8-22)23-9-5-2-6-10-23)30-35(45-37)48(21-41-30)36-32(51)31(50)33(55-36)29-17-26(20-49)46-56-29/h1-14,17,21,25,28,31-33,36,49-51H,15-16,18-20H2,(H2,39,53,54)(H,40,44,45)(H2,42,43,52). The van der Waals surface area contributed by atoms with Gasteiger partial charge in [0, 0.05) is 43.3 Å². The third-order valence-corrected chi connectivity index (χ3v) is 11.0. The predicted molar refractivity (Wildman–Crippen MR) is 206 cm³/mol. The summed E-state index contributed by atoms with van der Waals surface area (Å²) in [4.78, 5) is 29.3. The number of fused-ring (bicyclic) bond motifs is 1. The topological polar surface area (TPSA) is 256 Å². The number of hydrogen-bond acceptors (Lipinski definition) is 14. The van der Waals surface area contributed by atoms with Gasteiger partial charge >= 0.3 is 6.03 Å². The number of aliphatic hydroxyl groups excluding tert-OH is 3. The van der Waals surface area contributed by atoms with E-state index < -0.39 is 40.6 Å². The Balaban J connectivity index is 1.07. The van der Waals surface area contributed by atoms with Gasteiger partial charge in [0.05, 0.1) is 17.8 Å². The first-order chi connectivity index (χ1) is 27.6. The van der Waals surface area contributed by atoms with Crippen LogP contribution in [0.25, 0.3) is 11.2 Å². The number of aromatic nitrogens is 5. The van der Waals surface area contributed by atoms with Crippen molar-refractivity contribution in [3.63, 3.8) is 0 Å². The van der Waals surface area contributed by atoms with Gasteiger partial charge in [0.25, 0.3) is 0 Å². The molecule has 2 saturated heterocycles. The van der Waals surface area contributed by atoms with Gasteiger partial charge in [0.1, 0.15) is 24.0 Å². The lowest BCUT2D eigenvalue weighted by atomic mass is 9.91. The lowest BCUT2D eigenvalue weighted by molar-refractivity contribution is -0.0434. The molecule has 0 aliphatic carbocycles. The fraction of sp³-hybridized carbons (Fsp3) is 0.289. The van der Waals surface area contributed by atoms with Crippen LogP contribution in [-0.2, 0) is 21.4 Å². The summed E-state index contributed by atoms with van der Waals surface area (Å²) in [5, 5.41) is 49.9. The third-order valence-electron chi connectivity index (χ3n) is 10.1. The van der Waals surface area contributed by atoms with Crippen molar-refractivity contribution in [1.82, 2.24) is 30.0 Å². The zero-order valence-electron chi connectivity index (χ0n) is 30.3. The van der Waals surface area contributed by atoms with Gasteiger partial charge in [0.2, 0.25) is 16.0 Å². The van der Waals surface area contributed by atoms with Gasteiger partial charge in [0.15, 0.2) is 29.0 Å². The molecule has 19 heteroatoms. The van der Waals surface area contributed by atoms with Gasteiger partial charge in [-0.25, -0.2) is 23.3 Å². The number of aliphatic hydroxyl groups is 3. The number of ether oxygens (including phenoxy) is 1. The molecule has 5 heterocycles. The van der Waals surface area contributed by atoms with Crippen LogP contribution in [0.2, 0.25) is 0 Å². The lowest BCUT2D eigenvalue weighted by Gasteiger charge is -2.22. The Kier molecular flexibility index (Phi) is 10.6. The average molecular weight is 797 g/mol. The van der Waals surface area contributed by atoms with Gasteiger partial charge in [-0.05, 0) is 41.8 Å². The van der Waals surface area contributed by atoms with Gasteiger partial charge in [-0.2, -0.15) is 9.97 Å². The number of primary sulfonamides is 1. The summed E-state index contributed by atoms with van der Waals surface area (Å²) >= 11 is 0. The Labute approximate surface area is 326 Å². The highest BCUT2D eigenvalue weighted by Gasteiger charge is 2.47. The average Bonchev–Trinajstić information content (AvgIpc) is 4.03. The zero-order chi connectivity index (χ0) is 39.7. The number of nitrogens with two attached hydrogens (primary N) is 1. The summed E-state index contributed by atoms with van der Waals surface area (Å²) in [7, 11) is -3.87. The van der Waals surface area contributed by atoms with E-state index in [2.05, 4.69) is 50.4 Å². The molecule has 18 nitrogen and oxygen atoms in total. The van der Waals surface area contributed by atoms with Crippen LogP contribution in [0.3, 0.4) is 0 Å². The highest BCUT2D eigenvalue weighted by molar-refractivity contribution is 7.89. The number of nitrogens with one attached hydrogen (secondary N) is 3. The largest absolute Gasteiger partial charge is 0.390 e. The minimum atomic E-state index is -3.87. The second-order valence-corrected chi connectivity index (χ2v) is 15.4. The molecule has 57 heavy (non-hydrogen) atoms. The van der Waals surface area contributed by atoms with E-state index in [0.29, 0.717) is 54.7 Å². The number of benzene rings is 3. The minimum absolute atomic E-state index is 0.0562. The maximum Gasteiger partial charge on any atom is 0.319 e. The Morgan fingerprint density at radius 1 is 0.965 bits per heavy atom. The van der Waals surface area contributed by atoms with Crippen molar-refractivity contribution in [1.29, 1.82) is 0 Å². The molecule has 0 radical (unpaired) electrons. The number of rotatable bonds is 12. The number of carbonyl (C=O) groups is 1. The van der Waals surface area contributed by atoms with E-state index in [4.69, 9.17) is 24.4 Å². The number of carbonyl (C=O) groups excluding carboxylic acids is 1. The van der Waals surface area contributed by atoms with Crippen LogP contribution < -0.4 is 26.0 Å². The third kappa shape index (κ3) is 8.01. The van der Waals surface area contributed by atoms with E-state index in [-0.39, 0.29) is 34.9 Å². The van der Waals surface area contributed by atoms with E-state index >= 15 is 0 Å². The predicted octanol–water partition coefficient (Wildman–Crippen LogP) is 2.59. The van der Waals surface area contributed by atoms with Crippen LogP contribution in [-0.4, -0.2) is 92.3 Å². The van der Waals surface area contributed by atoms with Crippen molar-refractivity contribution < 1.29 is 37.8 Å². The maximum atomic E-state index is 12.9. The first kappa shape index (κ1) is 37.9. The fourth-order valence-electron chi connectivity index (χ4n) is 7.16. The van der Waals surface area contributed by atoms with Gasteiger partial charge < -0.3 is 45.4 Å². The van der Waals surface area contributed by atoms with E-state index in [1.54, 1.807) is 0 Å². The van der Waals surface area contributed by atoms with Crippen LogP contribution in [0.1, 0.15) is 47.3 Å². The van der Waals surface area contributed by atoms with Crippen molar-refractivity contribution in [2.45, 2.75) is 54.4 Å². The monoisotopic (exact) mass is 796 g/mol. The molecule has 3 aromatic heterocycles. The molecule has 3 aromatic carbocycles. The molecule has 8 rings (SSSR count). The summed E-state index contributed by atoms with van der Waals surface area (Å²) in [5.74, 6) is 0.844. The first-order valence-corrected chi connectivity index (χ1v) is 19.7. The van der Waals surface area contributed by atoms with E-state index in [1.165, 1.54) is 41.2 Å². The minimum Gasteiger partial charge on any atom is -0.390 e. The number of nitrogens with zero attached hydrogens (tertiary/aromatic N) is 6. The number of sulfonamides is 1. The summed E-state index contributed by atoms with van der Waals surface area (Å²) in [6.45, 7) is 0.919. The quantitative estimate of drug-likeness (QED) is 0.0940. The Morgan fingerprint density at radius 2 is 1.67 bits per heavy atom. The van der Waals surface area contributed by atoms with Crippen LogP contribution >= 0.6 is 0 Å². The number of amides is 2. The first-order valence-electron chi connectivity index (χ1n) is 18.2. The molecular weight excluding hydrogens is 757 g/mol. The fourth-order valence-corrected chi connectivity index (χ4v) is 7.67. The number of hydrogen-bond donors (Lipinski definition) is 7. The molecular formula is C38H40N10O8S. The van der Waals surface area contributed by atoms with E-state index in [9.17, 15) is 28.5 Å². The molecule has 0 saturated carbocycles. The molecule has 0 spiro atoms. The van der Waals surface area contributed by atoms with E-state index in [1.807, 2.05) is 41.3 Å². The number of urea groups is 1. The maximum absolute atomic E-state index is 12.9. The van der Waals surface area contributed by atoms with Crippen LogP contribution in [0.4, 0.5) is 22.2 Å². The van der Waals surface area contributed by atoms with Gasteiger partial charge in [-0.15, -0.1) is 0 Å². The summed E-state index contributed by atoms with van der Waals surface area (Å²) in [5.41, 5.74) is 3.55. The number of imidazole rings is 1. The van der Waals surface area contributed by atoms with Crippen LogP contribution in [0.5, 0.6) is 0 Å². The van der Waals surface area contributed by atoms with Gasteiger partial charge in [-0.3, -0.25) is 4.57 Å². The van der Waals surface area contributed by atoms with E-state index in [0.717, 1.165) is 11.1 Å². The Hall–Kier alpha value is -5.96. The van der Waals surface area contributed by atoms with Crippen LogP contribution in [0.15, 0.2) is 107 Å². The molecule has 2 aliphatic heterocycles. The highest BCUT2D eigenvalue weighted by atomic mass is 32.2. The normalized spacial score (nSPS) is 21.0. The second kappa shape index (κ2) is 15.9. The molecule has 5 unspecified atom stereocenters. The molecule has 2 fully saturated rings. The molecule has 6 aromatic rings. The van der Waals surface area contributed by atoms with Crippen molar-refractivity contribution in [2.75, 3.05) is 35.2 Å². The molecule has 5 atom stereocenters. The summed E-state index contributed by atoms with van der Waals surface area (Å²) in [6.07, 6.45) is -3.00. The molecule has 8 N–H and O–H groups in total. The lowest BCUT2D eigenvalue weighted by Crippen LogP contribution is -2.40. The highest BCUT2D eigenvalue weighted by Crippen LogP contribution is 2.41. The Morgan fingerprint density at radius 3 is 2.32 bits per heavy atom. The van der Waals surface area contributed by atoms with Crippen molar-refractivity contribution in [2.24, 2.45) is 5.14 Å². The van der Waals surface area contributed by atoms with Crippen molar-refractivity contribution in [3.05, 3.63) is 120 Å². The second-order valence-electron chi connectivity index (χ2n) is 13.9. The molecule has 2 amide bonds.